The van der Waals surface area contributed by atoms with E-state index in [2.05, 4.69) is 28.9 Å². The lowest BCUT2D eigenvalue weighted by Gasteiger charge is -2.23. The van der Waals surface area contributed by atoms with Gasteiger partial charge in [-0.3, -0.25) is 0 Å². The molecule has 1 aromatic heterocycles. The highest BCUT2D eigenvalue weighted by molar-refractivity contribution is 5.94. The Labute approximate surface area is 114 Å². The number of fused-ring (bicyclic) bond motifs is 1. The smallest absolute Gasteiger partial charge is 0.136 e. The number of rotatable bonds is 6. The Kier molecular flexibility index (Phi) is 4.71. The SMILES string of the molecule is CCN(CCOC)c1ncc(CN)c2ccccc12. The first-order valence-corrected chi connectivity index (χ1v) is 6.62. The number of pyridine rings is 1. The van der Waals surface area contributed by atoms with E-state index in [4.69, 9.17) is 10.5 Å². The van der Waals surface area contributed by atoms with Gasteiger partial charge in [0.1, 0.15) is 5.82 Å². The Morgan fingerprint density at radius 3 is 2.63 bits per heavy atom. The van der Waals surface area contributed by atoms with Crippen LogP contribution in [-0.2, 0) is 11.3 Å². The van der Waals surface area contributed by atoms with Crippen LogP contribution in [0.2, 0.25) is 0 Å². The summed E-state index contributed by atoms with van der Waals surface area (Å²) in [7, 11) is 1.72. The number of ether oxygens (including phenoxy) is 1. The van der Waals surface area contributed by atoms with E-state index in [9.17, 15) is 0 Å². The average Bonchev–Trinajstić information content (AvgIpc) is 2.48. The van der Waals surface area contributed by atoms with Crippen LogP contribution in [0.1, 0.15) is 12.5 Å². The maximum absolute atomic E-state index is 5.78. The van der Waals surface area contributed by atoms with Crippen molar-refractivity contribution in [1.29, 1.82) is 0 Å². The normalized spacial score (nSPS) is 10.9. The molecule has 0 aliphatic carbocycles. The Morgan fingerprint density at radius 1 is 1.26 bits per heavy atom. The van der Waals surface area contributed by atoms with E-state index < -0.39 is 0 Å². The molecule has 4 heteroatoms. The van der Waals surface area contributed by atoms with Crippen molar-refractivity contribution < 1.29 is 4.74 Å². The van der Waals surface area contributed by atoms with Crippen LogP contribution in [0.15, 0.2) is 30.5 Å². The number of hydrogen-bond donors (Lipinski definition) is 1. The van der Waals surface area contributed by atoms with Gasteiger partial charge in [0, 0.05) is 38.3 Å². The molecule has 0 bridgehead atoms. The maximum atomic E-state index is 5.78. The molecule has 0 fully saturated rings. The molecule has 4 nitrogen and oxygen atoms in total. The molecule has 0 saturated carbocycles. The summed E-state index contributed by atoms with van der Waals surface area (Å²) in [4.78, 5) is 6.82. The highest BCUT2D eigenvalue weighted by atomic mass is 16.5. The number of methoxy groups -OCH3 is 1. The third-order valence-corrected chi connectivity index (χ3v) is 3.32. The van der Waals surface area contributed by atoms with Gasteiger partial charge in [-0.15, -0.1) is 0 Å². The Balaban J connectivity index is 2.48. The van der Waals surface area contributed by atoms with Crippen molar-refractivity contribution in [2.45, 2.75) is 13.5 Å². The molecular formula is C15H21N3O. The van der Waals surface area contributed by atoms with Gasteiger partial charge in [-0.1, -0.05) is 24.3 Å². The highest BCUT2D eigenvalue weighted by Gasteiger charge is 2.11. The molecule has 102 valence electrons. The lowest BCUT2D eigenvalue weighted by Crippen LogP contribution is -2.28. The molecule has 2 N–H and O–H groups in total. The van der Waals surface area contributed by atoms with Crippen molar-refractivity contribution in [3.8, 4) is 0 Å². The second-order valence-corrected chi connectivity index (χ2v) is 4.43. The zero-order valence-corrected chi connectivity index (χ0v) is 11.6. The van der Waals surface area contributed by atoms with Crippen LogP contribution in [0.3, 0.4) is 0 Å². The fourth-order valence-corrected chi connectivity index (χ4v) is 2.27. The third kappa shape index (κ3) is 2.85. The predicted molar refractivity (Wildman–Crippen MR) is 79.4 cm³/mol. The predicted octanol–water partition coefficient (Wildman–Crippen LogP) is 2.17. The van der Waals surface area contributed by atoms with Crippen LogP contribution in [0, 0.1) is 0 Å². The van der Waals surface area contributed by atoms with Crippen LogP contribution >= 0.6 is 0 Å². The maximum Gasteiger partial charge on any atom is 0.136 e. The second kappa shape index (κ2) is 6.50. The Hall–Kier alpha value is -1.65. The van der Waals surface area contributed by atoms with Gasteiger partial charge >= 0.3 is 0 Å². The molecule has 0 aliphatic heterocycles. The van der Waals surface area contributed by atoms with Gasteiger partial charge in [0.05, 0.1) is 6.61 Å². The highest BCUT2D eigenvalue weighted by Crippen LogP contribution is 2.26. The van der Waals surface area contributed by atoms with Gasteiger partial charge in [0.15, 0.2) is 0 Å². The first-order chi connectivity index (χ1) is 9.31. The van der Waals surface area contributed by atoms with Gasteiger partial charge in [0.25, 0.3) is 0 Å². The average molecular weight is 259 g/mol. The summed E-state index contributed by atoms with van der Waals surface area (Å²) in [5, 5.41) is 2.34. The molecular weight excluding hydrogens is 238 g/mol. The van der Waals surface area contributed by atoms with E-state index in [1.54, 1.807) is 7.11 Å². The van der Waals surface area contributed by atoms with Crippen molar-refractivity contribution in [1.82, 2.24) is 4.98 Å². The van der Waals surface area contributed by atoms with Crippen molar-refractivity contribution in [2.24, 2.45) is 5.73 Å². The molecule has 0 spiro atoms. The van der Waals surface area contributed by atoms with Crippen LogP contribution < -0.4 is 10.6 Å². The number of nitrogens with zero attached hydrogens (tertiary/aromatic N) is 2. The van der Waals surface area contributed by atoms with Crippen LogP contribution in [0.25, 0.3) is 10.8 Å². The van der Waals surface area contributed by atoms with E-state index in [1.807, 2.05) is 18.3 Å². The van der Waals surface area contributed by atoms with Gasteiger partial charge in [-0.25, -0.2) is 4.98 Å². The molecule has 0 unspecified atom stereocenters. The fraction of sp³-hybridized carbons (Fsp3) is 0.400. The number of anilines is 1. The summed E-state index contributed by atoms with van der Waals surface area (Å²) in [6, 6.07) is 8.29. The minimum atomic E-state index is 0.512. The van der Waals surface area contributed by atoms with Crippen LogP contribution in [-0.4, -0.2) is 31.8 Å². The molecule has 2 rings (SSSR count). The first kappa shape index (κ1) is 13.8. The van der Waals surface area contributed by atoms with Crippen LogP contribution in [0.5, 0.6) is 0 Å². The second-order valence-electron chi connectivity index (χ2n) is 4.43. The van der Waals surface area contributed by atoms with Crippen molar-refractivity contribution in [2.75, 3.05) is 31.7 Å². The largest absolute Gasteiger partial charge is 0.383 e. The lowest BCUT2D eigenvalue weighted by molar-refractivity contribution is 0.205. The third-order valence-electron chi connectivity index (χ3n) is 3.32. The quantitative estimate of drug-likeness (QED) is 0.863. The van der Waals surface area contributed by atoms with E-state index in [0.717, 1.165) is 29.9 Å². The summed E-state index contributed by atoms with van der Waals surface area (Å²) in [5.74, 6) is 1.01. The molecule has 1 heterocycles. The molecule has 0 saturated heterocycles. The lowest BCUT2D eigenvalue weighted by atomic mass is 10.1. The summed E-state index contributed by atoms with van der Waals surface area (Å²) in [5.41, 5.74) is 6.87. The number of nitrogens with two attached hydrogens (primary N) is 1. The van der Waals surface area contributed by atoms with Gasteiger partial charge in [0.2, 0.25) is 0 Å². The Bertz CT molecular complexity index is 542. The zero-order valence-electron chi connectivity index (χ0n) is 11.6. The zero-order chi connectivity index (χ0) is 13.7. The molecule has 19 heavy (non-hydrogen) atoms. The monoisotopic (exact) mass is 259 g/mol. The molecule has 2 aromatic rings. The number of likely N-dealkylation sites (N-methyl/N-ethyl adjacent to an activating group) is 1. The topological polar surface area (TPSA) is 51.4 Å². The number of aromatic nitrogens is 1. The fourth-order valence-electron chi connectivity index (χ4n) is 2.27. The van der Waals surface area contributed by atoms with Crippen LogP contribution in [0.4, 0.5) is 5.82 Å². The van der Waals surface area contributed by atoms with Crippen molar-refractivity contribution >= 4 is 16.6 Å². The minimum absolute atomic E-state index is 0.512. The van der Waals surface area contributed by atoms with E-state index in [0.29, 0.717) is 13.2 Å². The summed E-state index contributed by atoms with van der Waals surface area (Å²) in [6.45, 7) is 5.08. The Morgan fingerprint density at radius 2 is 2.00 bits per heavy atom. The van der Waals surface area contributed by atoms with Gasteiger partial charge < -0.3 is 15.4 Å². The standard InChI is InChI=1S/C15H21N3O/c1-3-18(8-9-19-2)15-14-7-5-4-6-13(14)12(10-16)11-17-15/h4-7,11H,3,8-10,16H2,1-2H3. The van der Waals surface area contributed by atoms with E-state index in [1.165, 1.54) is 5.39 Å². The van der Waals surface area contributed by atoms with E-state index >= 15 is 0 Å². The van der Waals surface area contributed by atoms with Crippen molar-refractivity contribution in [3.63, 3.8) is 0 Å². The molecule has 0 atom stereocenters. The molecule has 0 aliphatic rings. The molecule has 0 radical (unpaired) electrons. The van der Waals surface area contributed by atoms with E-state index in [-0.39, 0.29) is 0 Å². The summed E-state index contributed by atoms with van der Waals surface area (Å²) >= 11 is 0. The first-order valence-electron chi connectivity index (χ1n) is 6.62. The van der Waals surface area contributed by atoms with Gasteiger partial charge in [-0.05, 0) is 17.9 Å². The summed E-state index contributed by atoms with van der Waals surface area (Å²) in [6.07, 6.45) is 1.88. The number of benzene rings is 1. The van der Waals surface area contributed by atoms with Crippen molar-refractivity contribution in [3.05, 3.63) is 36.0 Å². The molecule has 0 amide bonds. The number of hydrogen-bond acceptors (Lipinski definition) is 4. The summed E-state index contributed by atoms with van der Waals surface area (Å²) < 4.78 is 5.16. The minimum Gasteiger partial charge on any atom is -0.383 e. The van der Waals surface area contributed by atoms with Gasteiger partial charge in [-0.2, -0.15) is 0 Å². The molecule has 1 aromatic carbocycles.